The molecule has 0 spiro atoms. The van der Waals surface area contributed by atoms with Crippen molar-refractivity contribution in [3.05, 3.63) is 35.2 Å². The van der Waals surface area contributed by atoms with E-state index in [1.54, 1.807) is 10.6 Å². The van der Waals surface area contributed by atoms with Gasteiger partial charge in [0.1, 0.15) is 0 Å². The Morgan fingerprint density at radius 2 is 2.16 bits per heavy atom. The molecule has 3 rings (SSSR count). The molecule has 0 saturated carbocycles. The van der Waals surface area contributed by atoms with Crippen LogP contribution in [0.25, 0.3) is 10.8 Å². The van der Waals surface area contributed by atoms with Crippen LogP contribution in [0.1, 0.15) is 11.3 Å². The van der Waals surface area contributed by atoms with E-state index in [2.05, 4.69) is 10.1 Å². The molecule has 3 heterocycles. The van der Waals surface area contributed by atoms with E-state index < -0.39 is 11.7 Å². The minimum atomic E-state index is -4.42. The first-order valence-electron chi connectivity index (χ1n) is 5.27. The molecule has 0 unspecified atom stereocenters. The fourth-order valence-electron chi connectivity index (χ4n) is 1.78. The lowest BCUT2D eigenvalue weighted by molar-refractivity contribution is -0.137. The van der Waals surface area contributed by atoms with Crippen LogP contribution < -0.4 is 5.73 Å². The standard InChI is InChI=1S/C10H8F3N5S/c11-10(12,13)6-4-15-18(5-6)8-7(3-14)17-1-2-19-9(17)16-8/h1-2,4-5H,3,14H2. The number of hydrogen-bond acceptors (Lipinski definition) is 4. The van der Waals surface area contributed by atoms with Gasteiger partial charge in [0, 0.05) is 24.3 Å². The minimum absolute atomic E-state index is 0.161. The Balaban J connectivity index is 2.13. The maximum atomic E-state index is 12.5. The highest BCUT2D eigenvalue weighted by atomic mass is 32.1. The number of fused-ring (bicyclic) bond motifs is 1. The van der Waals surface area contributed by atoms with Gasteiger partial charge < -0.3 is 5.73 Å². The lowest BCUT2D eigenvalue weighted by Crippen LogP contribution is -2.07. The largest absolute Gasteiger partial charge is 0.419 e. The highest BCUT2D eigenvalue weighted by Crippen LogP contribution is 2.29. The van der Waals surface area contributed by atoms with Crippen molar-refractivity contribution in [1.82, 2.24) is 19.2 Å². The van der Waals surface area contributed by atoms with Crippen LogP contribution in [-0.2, 0) is 12.7 Å². The molecule has 0 radical (unpaired) electrons. The molecule has 3 aromatic heterocycles. The first-order chi connectivity index (χ1) is 9.00. The fraction of sp³-hybridized carbons (Fsp3) is 0.200. The predicted octanol–water partition coefficient (Wildman–Crippen LogP) is 2.06. The summed E-state index contributed by atoms with van der Waals surface area (Å²) in [6.07, 6.45) is -0.968. The lowest BCUT2D eigenvalue weighted by Gasteiger charge is -2.02. The van der Waals surface area contributed by atoms with Gasteiger partial charge in [0.2, 0.25) is 0 Å². The molecule has 0 aliphatic carbocycles. The second-order valence-electron chi connectivity index (χ2n) is 3.81. The van der Waals surface area contributed by atoms with Crippen LogP contribution in [0, 0.1) is 0 Å². The number of nitrogens with two attached hydrogens (primary N) is 1. The summed E-state index contributed by atoms with van der Waals surface area (Å²) >= 11 is 1.38. The van der Waals surface area contributed by atoms with Crippen molar-refractivity contribution in [2.45, 2.75) is 12.7 Å². The van der Waals surface area contributed by atoms with E-state index in [9.17, 15) is 13.2 Å². The van der Waals surface area contributed by atoms with Crippen molar-refractivity contribution in [1.29, 1.82) is 0 Å². The third-order valence-corrected chi connectivity index (χ3v) is 3.42. The van der Waals surface area contributed by atoms with E-state index in [0.29, 0.717) is 16.5 Å². The Bertz CT molecular complexity index is 723. The molecule has 0 aromatic carbocycles. The Labute approximate surface area is 109 Å². The van der Waals surface area contributed by atoms with Crippen molar-refractivity contribution in [2.75, 3.05) is 0 Å². The lowest BCUT2D eigenvalue weighted by atomic mass is 10.3. The molecule has 0 saturated heterocycles. The molecule has 0 amide bonds. The number of alkyl halides is 3. The number of thiazole rings is 1. The number of hydrogen-bond donors (Lipinski definition) is 1. The van der Waals surface area contributed by atoms with Gasteiger partial charge in [0.05, 0.1) is 17.5 Å². The normalized spacial score (nSPS) is 12.4. The summed E-state index contributed by atoms with van der Waals surface area (Å²) in [7, 11) is 0. The second kappa shape index (κ2) is 4.07. The monoisotopic (exact) mass is 287 g/mol. The molecule has 5 nitrogen and oxygen atoms in total. The zero-order chi connectivity index (χ0) is 13.6. The summed E-state index contributed by atoms with van der Waals surface area (Å²) < 4.78 is 40.5. The molecule has 0 atom stereocenters. The molecular formula is C10H8F3N5S. The van der Waals surface area contributed by atoms with Gasteiger partial charge in [-0.1, -0.05) is 0 Å². The first-order valence-corrected chi connectivity index (χ1v) is 6.15. The average Bonchev–Trinajstić information content (AvgIpc) is 3.01. The Hall–Kier alpha value is -1.87. The van der Waals surface area contributed by atoms with Gasteiger partial charge in [-0.3, -0.25) is 4.40 Å². The van der Waals surface area contributed by atoms with E-state index in [1.807, 2.05) is 5.38 Å². The summed E-state index contributed by atoms with van der Waals surface area (Å²) in [5, 5.41) is 5.54. The number of imidazole rings is 1. The summed E-state index contributed by atoms with van der Waals surface area (Å²) in [5.41, 5.74) is 5.44. The number of nitrogens with zero attached hydrogens (tertiary/aromatic N) is 4. The number of aromatic nitrogens is 4. The highest BCUT2D eigenvalue weighted by Gasteiger charge is 2.32. The molecular weight excluding hydrogens is 279 g/mol. The van der Waals surface area contributed by atoms with Gasteiger partial charge in [0.15, 0.2) is 10.8 Å². The van der Waals surface area contributed by atoms with E-state index in [0.717, 1.165) is 17.1 Å². The molecule has 0 aliphatic rings. The van der Waals surface area contributed by atoms with Crippen molar-refractivity contribution in [2.24, 2.45) is 5.73 Å². The summed E-state index contributed by atoms with van der Waals surface area (Å²) in [4.78, 5) is 4.91. The topological polar surface area (TPSA) is 61.1 Å². The zero-order valence-corrected chi connectivity index (χ0v) is 10.2. The van der Waals surface area contributed by atoms with Crippen LogP contribution in [-0.4, -0.2) is 19.2 Å². The van der Waals surface area contributed by atoms with Crippen molar-refractivity contribution >= 4 is 16.3 Å². The van der Waals surface area contributed by atoms with Crippen LogP contribution in [0.2, 0.25) is 0 Å². The van der Waals surface area contributed by atoms with E-state index >= 15 is 0 Å². The Morgan fingerprint density at radius 1 is 1.37 bits per heavy atom. The maximum Gasteiger partial charge on any atom is 0.419 e. The number of rotatable bonds is 2. The van der Waals surface area contributed by atoms with Crippen molar-refractivity contribution in [3.8, 4) is 5.82 Å². The first kappa shape index (κ1) is 12.2. The molecule has 3 aromatic rings. The number of halogens is 3. The van der Waals surface area contributed by atoms with Gasteiger partial charge in [-0.25, -0.2) is 4.68 Å². The van der Waals surface area contributed by atoms with Crippen LogP contribution in [0.5, 0.6) is 0 Å². The quantitative estimate of drug-likeness (QED) is 0.784. The molecule has 0 bridgehead atoms. The summed E-state index contributed by atoms with van der Waals surface area (Å²) in [6.45, 7) is 0.161. The maximum absolute atomic E-state index is 12.5. The van der Waals surface area contributed by atoms with E-state index in [4.69, 9.17) is 5.73 Å². The molecule has 0 fully saturated rings. The third-order valence-electron chi connectivity index (χ3n) is 2.66. The Kier molecular flexibility index (Phi) is 2.61. The zero-order valence-electron chi connectivity index (χ0n) is 9.42. The fourth-order valence-corrected chi connectivity index (χ4v) is 2.51. The molecule has 0 aliphatic heterocycles. The van der Waals surface area contributed by atoms with Gasteiger partial charge in [-0.05, 0) is 0 Å². The molecule has 100 valence electrons. The van der Waals surface area contributed by atoms with Crippen LogP contribution in [0.4, 0.5) is 13.2 Å². The molecule has 19 heavy (non-hydrogen) atoms. The van der Waals surface area contributed by atoms with Crippen molar-refractivity contribution in [3.63, 3.8) is 0 Å². The van der Waals surface area contributed by atoms with Crippen LogP contribution in [0.15, 0.2) is 24.0 Å². The van der Waals surface area contributed by atoms with E-state index in [1.165, 1.54) is 11.3 Å². The smallest absolute Gasteiger partial charge is 0.325 e. The van der Waals surface area contributed by atoms with Gasteiger partial charge >= 0.3 is 6.18 Å². The van der Waals surface area contributed by atoms with Gasteiger partial charge in [-0.2, -0.15) is 23.3 Å². The SMILES string of the molecule is NCc1c(-n2cc(C(F)(F)F)cn2)nc2sccn12. The van der Waals surface area contributed by atoms with E-state index in [-0.39, 0.29) is 6.54 Å². The molecule has 9 heteroatoms. The Morgan fingerprint density at radius 3 is 2.79 bits per heavy atom. The average molecular weight is 287 g/mol. The molecule has 2 N–H and O–H groups in total. The van der Waals surface area contributed by atoms with Gasteiger partial charge in [0.25, 0.3) is 0 Å². The predicted molar refractivity (Wildman–Crippen MR) is 63.1 cm³/mol. The second-order valence-corrected chi connectivity index (χ2v) is 4.69. The highest BCUT2D eigenvalue weighted by molar-refractivity contribution is 7.15. The third kappa shape index (κ3) is 1.90. The van der Waals surface area contributed by atoms with Crippen LogP contribution >= 0.6 is 11.3 Å². The summed E-state index contributed by atoms with van der Waals surface area (Å²) in [5.74, 6) is 0.324. The van der Waals surface area contributed by atoms with Crippen molar-refractivity contribution < 1.29 is 13.2 Å². The van der Waals surface area contributed by atoms with Gasteiger partial charge in [-0.15, -0.1) is 11.3 Å². The minimum Gasteiger partial charge on any atom is -0.325 e. The van der Waals surface area contributed by atoms with Crippen LogP contribution in [0.3, 0.4) is 0 Å². The summed E-state index contributed by atoms with van der Waals surface area (Å²) in [6, 6.07) is 0.